The minimum absolute atomic E-state index is 0.0481. The lowest BCUT2D eigenvalue weighted by Gasteiger charge is -1.93. The summed E-state index contributed by atoms with van der Waals surface area (Å²) in [7, 11) is 1.62. The topological polar surface area (TPSA) is 42.0 Å². The van der Waals surface area contributed by atoms with Gasteiger partial charge in [-0.3, -0.25) is 4.79 Å². The molecule has 0 bridgehead atoms. The molecule has 4 heteroatoms. The molecule has 11 heavy (non-hydrogen) atoms. The average Bonchev–Trinajstić information content (AvgIpc) is 2.28. The summed E-state index contributed by atoms with van der Waals surface area (Å²) in [6.45, 7) is 3.73. The van der Waals surface area contributed by atoms with Gasteiger partial charge in [-0.25, -0.2) is 4.98 Å². The summed E-state index contributed by atoms with van der Waals surface area (Å²) >= 11 is 1.42. The van der Waals surface area contributed by atoms with Crippen LogP contribution in [0.1, 0.15) is 20.4 Å². The first-order valence-corrected chi connectivity index (χ1v) is 4.13. The number of carbonyl (C=O) groups is 1. The molecule has 0 fully saturated rings. The molecule has 0 aliphatic carbocycles. The molecule has 3 nitrogen and oxygen atoms in total. The van der Waals surface area contributed by atoms with Crippen LogP contribution >= 0.6 is 11.3 Å². The van der Waals surface area contributed by atoms with Crippen molar-refractivity contribution in [2.24, 2.45) is 0 Å². The number of hydrogen-bond donors (Lipinski definition) is 1. The largest absolute Gasteiger partial charge is 0.354 e. The summed E-state index contributed by atoms with van der Waals surface area (Å²) in [6.07, 6.45) is 0. The average molecular weight is 170 g/mol. The van der Waals surface area contributed by atoms with Crippen LogP contribution in [0.4, 0.5) is 0 Å². The van der Waals surface area contributed by atoms with Crippen molar-refractivity contribution in [1.29, 1.82) is 0 Å². The minimum atomic E-state index is -0.0481. The van der Waals surface area contributed by atoms with E-state index in [-0.39, 0.29) is 5.91 Å². The van der Waals surface area contributed by atoms with Crippen LogP contribution in [-0.2, 0) is 0 Å². The van der Waals surface area contributed by atoms with Crippen LogP contribution < -0.4 is 5.32 Å². The fourth-order valence-electron chi connectivity index (χ4n) is 0.856. The lowest BCUT2D eigenvalue weighted by Crippen LogP contribution is -2.17. The highest BCUT2D eigenvalue weighted by Gasteiger charge is 2.10. The van der Waals surface area contributed by atoms with Gasteiger partial charge in [-0.05, 0) is 13.8 Å². The number of aromatic nitrogens is 1. The van der Waals surface area contributed by atoms with Gasteiger partial charge in [0.2, 0.25) is 0 Å². The first-order valence-electron chi connectivity index (χ1n) is 3.31. The predicted molar refractivity (Wildman–Crippen MR) is 45.0 cm³/mol. The van der Waals surface area contributed by atoms with Crippen LogP contribution in [0.2, 0.25) is 0 Å². The molecule has 1 N–H and O–H groups in total. The van der Waals surface area contributed by atoms with Crippen molar-refractivity contribution in [3.05, 3.63) is 15.6 Å². The Kier molecular flexibility index (Phi) is 2.24. The Morgan fingerprint density at radius 2 is 2.18 bits per heavy atom. The Hall–Kier alpha value is -0.900. The lowest BCUT2D eigenvalue weighted by atomic mass is 10.4. The molecule has 0 aromatic carbocycles. The van der Waals surface area contributed by atoms with E-state index in [1.807, 2.05) is 13.8 Å². The normalized spacial score (nSPS) is 9.73. The smallest absolute Gasteiger partial charge is 0.263 e. The molecule has 60 valence electrons. The van der Waals surface area contributed by atoms with Crippen molar-refractivity contribution in [3.63, 3.8) is 0 Å². The highest BCUT2D eigenvalue weighted by Crippen LogP contribution is 2.16. The second kappa shape index (κ2) is 3.00. The molecule has 1 rings (SSSR count). The first-order chi connectivity index (χ1) is 5.15. The van der Waals surface area contributed by atoms with Gasteiger partial charge in [0, 0.05) is 7.05 Å². The number of amides is 1. The summed E-state index contributed by atoms with van der Waals surface area (Å²) in [6, 6.07) is 0. The molecule has 1 aromatic heterocycles. The maximum Gasteiger partial charge on any atom is 0.263 e. The zero-order chi connectivity index (χ0) is 8.43. The van der Waals surface area contributed by atoms with E-state index < -0.39 is 0 Å². The molecule has 0 spiro atoms. The number of thiazole rings is 1. The maximum atomic E-state index is 11.1. The van der Waals surface area contributed by atoms with Crippen molar-refractivity contribution >= 4 is 17.2 Å². The second-order valence-electron chi connectivity index (χ2n) is 2.23. The standard InChI is InChI=1S/C7H10N2OS/c1-4-6(7(10)8-3)11-5(2)9-4/h1-3H3,(H,8,10). The summed E-state index contributed by atoms with van der Waals surface area (Å²) < 4.78 is 0. The van der Waals surface area contributed by atoms with Crippen LogP contribution in [0, 0.1) is 13.8 Å². The number of nitrogens with one attached hydrogen (secondary N) is 1. The SMILES string of the molecule is CNC(=O)c1sc(C)nc1C. The van der Waals surface area contributed by atoms with Crippen LogP contribution in [0.15, 0.2) is 0 Å². The summed E-state index contributed by atoms with van der Waals surface area (Å²) in [4.78, 5) is 16.0. The molecule has 0 atom stereocenters. The third-order valence-electron chi connectivity index (χ3n) is 1.34. The molecule has 0 radical (unpaired) electrons. The maximum absolute atomic E-state index is 11.1. The molecule has 0 aliphatic rings. The lowest BCUT2D eigenvalue weighted by molar-refractivity contribution is 0.0966. The van der Waals surface area contributed by atoms with Crippen molar-refractivity contribution in [2.75, 3.05) is 7.05 Å². The highest BCUT2D eigenvalue weighted by atomic mass is 32.1. The molecule has 1 heterocycles. The molecule has 0 unspecified atom stereocenters. The number of aryl methyl sites for hydroxylation is 2. The van der Waals surface area contributed by atoms with Gasteiger partial charge in [-0.15, -0.1) is 11.3 Å². The summed E-state index contributed by atoms with van der Waals surface area (Å²) in [5.41, 5.74) is 0.812. The van der Waals surface area contributed by atoms with Gasteiger partial charge < -0.3 is 5.32 Å². The number of rotatable bonds is 1. The molecule has 0 aliphatic heterocycles. The molecule has 1 amide bonds. The fourth-order valence-corrected chi connectivity index (χ4v) is 1.72. The Balaban J connectivity index is 3.03. The van der Waals surface area contributed by atoms with Crippen molar-refractivity contribution in [2.45, 2.75) is 13.8 Å². The Morgan fingerprint density at radius 1 is 1.55 bits per heavy atom. The van der Waals surface area contributed by atoms with Gasteiger partial charge in [-0.1, -0.05) is 0 Å². The van der Waals surface area contributed by atoms with E-state index in [1.165, 1.54) is 11.3 Å². The zero-order valence-corrected chi connectivity index (χ0v) is 7.58. The van der Waals surface area contributed by atoms with E-state index in [1.54, 1.807) is 7.05 Å². The van der Waals surface area contributed by atoms with Crippen molar-refractivity contribution in [1.82, 2.24) is 10.3 Å². The molecule has 1 aromatic rings. The van der Waals surface area contributed by atoms with Gasteiger partial charge in [-0.2, -0.15) is 0 Å². The monoisotopic (exact) mass is 170 g/mol. The van der Waals surface area contributed by atoms with Crippen molar-refractivity contribution in [3.8, 4) is 0 Å². The number of carbonyl (C=O) groups excluding carboxylic acids is 1. The number of nitrogens with zero attached hydrogens (tertiary/aromatic N) is 1. The van der Waals surface area contributed by atoms with E-state index in [2.05, 4.69) is 10.3 Å². The van der Waals surface area contributed by atoms with Crippen LogP contribution in [0.5, 0.6) is 0 Å². The molecular formula is C7H10N2OS. The van der Waals surface area contributed by atoms with Gasteiger partial charge in [0.05, 0.1) is 10.7 Å². The second-order valence-corrected chi connectivity index (χ2v) is 3.43. The molecular weight excluding hydrogens is 160 g/mol. The Bertz CT molecular complexity index is 280. The number of hydrogen-bond acceptors (Lipinski definition) is 3. The zero-order valence-electron chi connectivity index (χ0n) is 6.76. The third kappa shape index (κ3) is 1.57. The minimum Gasteiger partial charge on any atom is -0.354 e. The van der Waals surface area contributed by atoms with E-state index in [4.69, 9.17) is 0 Å². The Morgan fingerprint density at radius 3 is 2.55 bits per heavy atom. The van der Waals surface area contributed by atoms with Crippen LogP contribution in [0.25, 0.3) is 0 Å². The molecule has 0 saturated heterocycles. The van der Waals surface area contributed by atoms with Gasteiger partial charge in [0.1, 0.15) is 4.88 Å². The predicted octanol–water partition coefficient (Wildman–Crippen LogP) is 1.12. The Labute approximate surface area is 69.5 Å². The first kappa shape index (κ1) is 8.20. The fraction of sp³-hybridized carbons (Fsp3) is 0.429. The van der Waals surface area contributed by atoms with Gasteiger partial charge in [0.15, 0.2) is 0 Å². The summed E-state index contributed by atoms with van der Waals surface area (Å²) in [5.74, 6) is -0.0481. The highest BCUT2D eigenvalue weighted by molar-refractivity contribution is 7.13. The van der Waals surface area contributed by atoms with E-state index >= 15 is 0 Å². The van der Waals surface area contributed by atoms with E-state index in [9.17, 15) is 4.79 Å². The van der Waals surface area contributed by atoms with Crippen molar-refractivity contribution < 1.29 is 4.79 Å². The van der Waals surface area contributed by atoms with Crippen LogP contribution in [-0.4, -0.2) is 17.9 Å². The van der Waals surface area contributed by atoms with E-state index in [0.717, 1.165) is 10.7 Å². The molecule has 0 saturated carbocycles. The third-order valence-corrected chi connectivity index (χ3v) is 2.41. The summed E-state index contributed by atoms with van der Waals surface area (Å²) in [5, 5.41) is 3.50. The quantitative estimate of drug-likeness (QED) is 0.686. The van der Waals surface area contributed by atoms with Gasteiger partial charge in [0.25, 0.3) is 5.91 Å². The van der Waals surface area contributed by atoms with Crippen LogP contribution in [0.3, 0.4) is 0 Å². The van der Waals surface area contributed by atoms with E-state index in [0.29, 0.717) is 4.88 Å². The van der Waals surface area contributed by atoms with Gasteiger partial charge >= 0.3 is 0 Å².